The second-order valence-electron chi connectivity index (χ2n) is 7.64. The molecule has 29 heavy (non-hydrogen) atoms. The van der Waals surface area contributed by atoms with Crippen molar-refractivity contribution in [2.24, 2.45) is 0 Å². The van der Waals surface area contributed by atoms with Crippen LogP contribution in [0.2, 0.25) is 0 Å². The summed E-state index contributed by atoms with van der Waals surface area (Å²) in [5.74, 6) is -0.0244. The molecule has 1 N–H and O–H groups in total. The van der Waals surface area contributed by atoms with Gasteiger partial charge in [0.15, 0.2) is 5.16 Å². The molecule has 0 spiro atoms. The van der Waals surface area contributed by atoms with E-state index in [0.717, 1.165) is 22.1 Å². The summed E-state index contributed by atoms with van der Waals surface area (Å²) in [7, 11) is 0. The van der Waals surface area contributed by atoms with Crippen LogP contribution in [-0.4, -0.2) is 15.5 Å². The molecule has 2 aromatic carbocycles. The van der Waals surface area contributed by atoms with Crippen LogP contribution in [0, 0.1) is 13.8 Å². The number of hydrogen-bond donors (Lipinski definition) is 1. The minimum absolute atomic E-state index is 0.0244. The van der Waals surface area contributed by atoms with E-state index in [4.69, 9.17) is 4.98 Å². The van der Waals surface area contributed by atoms with Crippen LogP contribution in [0.5, 0.6) is 0 Å². The van der Waals surface area contributed by atoms with E-state index in [1.54, 1.807) is 11.8 Å². The zero-order valence-electron chi connectivity index (χ0n) is 17.0. The van der Waals surface area contributed by atoms with E-state index in [1.165, 1.54) is 31.4 Å². The standard InChI is InChI=1S/C24H27N3OS/c1-17-18(2)27(21-15-9-10-16-21)24(25-17)29-22(19-11-5-3-6-12-19)23(28)26-20-13-7-4-8-14-20/h3-8,11-14,21-22H,9-10,15-16H2,1-2H3,(H,26,28). The number of hydrogen-bond acceptors (Lipinski definition) is 3. The molecule has 4 rings (SSSR count). The summed E-state index contributed by atoms with van der Waals surface area (Å²) in [6, 6.07) is 20.1. The number of imidazole rings is 1. The molecule has 0 aliphatic heterocycles. The lowest BCUT2D eigenvalue weighted by atomic mass is 10.1. The minimum Gasteiger partial charge on any atom is -0.325 e. The molecule has 1 aliphatic rings. The predicted octanol–water partition coefficient (Wildman–Crippen LogP) is 6.09. The lowest BCUT2D eigenvalue weighted by Gasteiger charge is -2.21. The van der Waals surface area contributed by atoms with Gasteiger partial charge in [-0.05, 0) is 44.4 Å². The van der Waals surface area contributed by atoms with Crippen LogP contribution in [-0.2, 0) is 4.79 Å². The van der Waals surface area contributed by atoms with Gasteiger partial charge in [-0.1, -0.05) is 73.1 Å². The highest BCUT2D eigenvalue weighted by Gasteiger charge is 2.28. The van der Waals surface area contributed by atoms with E-state index in [0.29, 0.717) is 6.04 Å². The Balaban J connectivity index is 1.66. The maximum Gasteiger partial charge on any atom is 0.242 e. The van der Waals surface area contributed by atoms with Gasteiger partial charge in [0.25, 0.3) is 0 Å². The number of thioether (sulfide) groups is 1. The Bertz CT molecular complexity index is 963. The minimum atomic E-state index is -0.363. The van der Waals surface area contributed by atoms with Crippen LogP contribution in [0.15, 0.2) is 65.8 Å². The van der Waals surface area contributed by atoms with Gasteiger partial charge in [-0.15, -0.1) is 0 Å². The van der Waals surface area contributed by atoms with Gasteiger partial charge in [-0.2, -0.15) is 0 Å². The van der Waals surface area contributed by atoms with E-state index < -0.39 is 0 Å². The maximum absolute atomic E-state index is 13.3. The number of carbonyl (C=O) groups is 1. The third-order valence-corrected chi connectivity index (χ3v) is 6.87. The van der Waals surface area contributed by atoms with Gasteiger partial charge in [0.05, 0.1) is 5.69 Å². The van der Waals surface area contributed by atoms with Crippen molar-refractivity contribution in [2.45, 2.75) is 56.0 Å². The Morgan fingerprint density at radius 1 is 1.03 bits per heavy atom. The Morgan fingerprint density at radius 3 is 2.31 bits per heavy atom. The van der Waals surface area contributed by atoms with Gasteiger partial charge in [-0.25, -0.2) is 4.98 Å². The molecule has 1 aliphatic carbocycles. The van der Waals surface area contributed by atoms with E-state index in [-0.39, 0.29) is 11.2 Å². The summed E-state index contributed by atoms with van der Waals surface area (Å²) in [4.78, 5) is 18.1. The first kappa shape index (κ1) is 19.8. The lowest BCUT2D eigenvalue weighted by Crippen LogP contribution is -2.20. The van der Waals surface area contributed by atoms with Crippen molar-refractivity contribution < 1.29 is 4.79 Å². The number of aromatic nitrogens is 2. The van der Waals surface area contributed by atoms with E-state index >= 15 is 0 Å². The molecule has 1 saturated carbocycles. The number of carbonyl (C=O) groups excluding carboxylic acids is 1. The topological polar surface area (TPSA) is 46.9 Å². The number of rotatable bonds is 6. The number of nitrogens with zero attached hydrogens (tertiary/aromatic N) is 2. The van der Waals surface area contributed by atoms with E-state index in [9.17, 15) is 4.79 Å². The number of anilines is 1. The molecule has 1 amide bonds. The van der Waals surface area contributed by atoms with Crippen molar-refractivity contribution in [3.63, 3.8) is 0 Å². The van der Waals surface area contributed by atoms with Crippen LogP contribution in [0.25, 0.3) is 0 Å². The maximum atomic E-state index is 13.3. The molecule has 3 aromatic rings. The molecule has 1 fully saturated rings. The number of nitrogens with one attached hydrogen (secondary N) is 1. The normalized spacial score (nSPS) is 15.4. The first-order chi connectivity index (χ1) is 14.1. The fourth-order valence-corrected chi connectivity index (χ4v) is 5.27. The summed E-state index contributed by atoms with van der Waals surface area (Å²) in [5.41, 5.74) is 4.07. The van der Waals surface area contributed by atoms with E-state index in [2.05, 4.69) is 23.7 Å². The van der Waals surface area contributed by atoms with E-state index in [1.807, 2.05) is 60.7 Å². The summed E-state index contributed by atoms with van der Waals surface area (Å²) >= 11 is 1.56. The summed E-state index contributed by atoms with van der Waals surface area (Å²) in [6.45, 7) is 4.21. The predicted molar refractivity (Wildman–Crippen MR) is 119 cm³/mol. The highest BCUT2D eigenvalue weighted by Crippen LogP contribution is 2.41. The average Bonchev–Trinajstić information content (AvgIpc) is 3.36. The fourth-order valence-electron chi connectivity index (χ4n) is 4.01. The average molecular weight is 406 g/mol. The SMILES string of the molecule is Cc1nc(SC(C(=O)Nc2ccccc2)c2ccccc2)n(C2CCCC2)c1C. The number of para-hydroxylation sites is 1. The highest BCUT2D eigenvalue weighted by molar-refractivity contribution is 8.00. The van der Waals surface area contributed by atoms with Crippen LogP contribution >= 0.6 is 11.8 Å². The number of aryl methyl sites for hydroxylation is 1. The van der Waals surface area contributed by atoms with Crippen molar-refractivity contribution in [3.05, 3.63) is 77.6 Å². The Kier molecular flexibility index (Phi) is 6.05. The summed E-state index contributed by atoms with van der Waals surface area (Å²) in [6.07, 6.45) is 4.91. The first-order valence-electron chi connectivity index (χ1n) is 10.3. The van der Waals surface area contributed by atoms with Gasteiger partial charge >= 0.3 is 0 Å². The van der Waals surface area contributed by atoms with Gasteiger partial charge in [0.1, 0.15) is 5.25 Å². The second-order valence-corrected chi connectivity index (χ2v) is 8.71. The molecular weight excluding hydrogens is 378 g/mol. The number of benzene rings is 2. The smallest absolute Gasteiger partial charge is 0.242 e. The molecule has 0 bridgehead atoms. The van der Waals surface area contributed by atoms with Gasteiger partial charge < -0.3 is 9.88 Å². The Hall–Kier alpha value is -2.53. The largest absolute Gasteiger partial charge is 0.325 e. The molecule has 1 aromatic heterocycles. The third-order valence-electron chi connectivity index (χ3n) is 5.65. The molecule has 0 saturated heterocycles. The lowest BCUT2D eigenvalue weighted by molar-refractivity contribution is -0.115. The summed E-state index contributed by atoms with van der Waals surface area (Å²) < 4.78 is 2.37. The first-order valence-corrected chi connectivity index (χ1v) is 11.1. The summed E-state index contributed by atoms with van der Waals surface area (Å²) in [5, 5.41) is 3.66. The third kappa shape index (κ3) is 4.40. The van der Waals surface area contributed by atoms with Crippen molar-refractivity contribution >= 4 is 23.4 Å². The van der Waals surface area contributed by atoms with Crippen molar-refractivity contribution in [2.75, 3.05) is 5.32 Å². The zero-order chi connectivity index (χ0) is 20.2. The molecule has 4 nitrogen and oxygen atoms in total. The quantitative estimate of drug-likeness (QED) is 0.505. The van der Waals surface area contributed by atoms with Gasteiger partial charge in [0, 0.05) is 17.4 Å². The second kappa shape index (κ2) is 8.87. The van der Waals surface area contributed by atoms with Crippen molar-refractivity contribution in [1.29, 1.82) is 0 Å². The zero-order valence-corrected chi connectivity index (χ0v) is 17.8. The van der Waals surface area contributed by atoms with Crippen molar-refractivity contribution in [3.8, 4) is 0 Å². The highest BCUT2D eigenvalue weighted by atomic mass is 32.2. The Labute approximate surface area is 176 Å². The fraction of sp³-hybridized carbons (Fsp3) is 0.333. The van der Waals surface area contributed by atoms with Crippen LogP contribution < -0.4 is 5.32 Å². The molecule has 5 heteroatoms. The molecule has 150 valence electrons. The van der Waals surface area contributed by atoms with Crippen LogP contribution in [0.1, 0.15) is 53.9 Å². The van der Waals surface area contributed by atoms with Crippen LogP contribution in [0.4, 0.5) is 5.69 Å². The van der Waals surface area contributed by atoms with Crippen LogP contribution in [0.3, 0.4) is 0 Å². The van der Waals surface area contributed by atoms with Crippen molar-refractivity contribution in [1.82, 2.24) is 9.55 Å². The Morgan fingerprint density at radius 2 is 1.66 bits per heavy atom. The number of amides is 1. The molecule has 1 heterocycles. The molecule has 1 unspecified atom stereocenters. The van der Waals surface area contributed by atoms with Gasteiger partial charge in [0.2, 0.25) is 5.91 Å². The monoisotopic (exact) mass is 405 g/mol. The molecule has 1 atom stereocenters. The molecular formula is C24H27N3OS. The van der Waals surface area contributed by atoms with Gasteiger partial charge in [-0.3, -0.25) is 4.79 Å². The molecule has 0 radical (unpaired) electrons.